The van der Waals surface area contributed by atoms with E-state index in [-0.39, 0.29) is 31.7 Å². The molecule has 2 heterocycles. The van der Waals surface area contributed by atoms with Crippen LogP contribution in [0.3, 0.4) is 0 Å². The molecular formula is C35H27IrN2O2. The van der Waals surface area contributed by atoms with Crippen molar-refractivity contribution in [1.82, 2.24) is 9.97 Å². The summed E-state index contributed by atoms with van der Waals surface area (Å²) in [4.78, 5) is 28.8. The van der Waals surface area contributed by atoms with Gasteiger partial charge in [0.05, 0.1) is 0 Å². The van der Waals surface area contributed by atoms with Crippen molar-refractivity contribution in [1.29, 1.82) is 0 Å². The van der Waals surface area contributed by atoms with E-state index in [9.17, 15) is 9.59 Å². The predicted octanol–water partition coefficient (Wildman–Crippen LogP) is 7.77. The number of pyridine rings is 2. The number of benzene rings is 4. The van der Waals surface area contributed by atoms with Gasteiger partial charge in [0, 0.05) is 24.0 Å². The average molecular weight is 700 g/mol. The van der Waals surface area contributed by atoms with Crippen LogP contribution >= 0.6 is 0 Å². The second-order valence-corrected chi connectivity index (χ2v) is 8.68. The van der Waals surface area contributed by atoms with E-state index in [0.717, 1.165) is 28.9 Å². The third-order valence-corrected chi connectivity index (χ3v) is 5.68. The molecule has 6 aromatic rings. The summed E-state index contributed by atoms with van der Waals surface area (Å²) in [7, 11) is 0. The first-order valence-corrected chi connectivity index (χ1v) is 12.5. The molecule has 5 heteroatoms. The molecule has 4 aromatic carbocycles. The molecular weight excluding hydrogens is 673 g/mol. The smallest absolute Gasteiger partial charge is 0.334 e. The van der Waals surface area contributed by atoms with E-state index in [1.165, 1.54) is 35.4 Å². The van der Waals surface area contributed by atoms with Crippen molar-refractivity contribution in [3.8, 4) is 22.5 Å². The summed E-state index contributed by atoms with van der Waals surface area (Å²) in [6.45, 7) is 2.70. The largest absolute Gasteiger partial charge is 3.00 e. The molecule has 6 rings (SSSR count). The van der Waals surface area contributed by atoms with Crippen LogP contribution in [0.2, 0.25) is 0 Å². The Balaban J connectivity index is 0.000000177. The zero-order chi connectivity index (χ0) is 27.5. The minimum absolute atomic E-state index is 0. The molecule has 0 N–H and O–H groups in total. The number of Topliss-reactive ketones (excluding diaryl/α,β-unsaturated/α-hetero) is 2. The number of aromatic nitrogens is 2. The number of carbonyl (C=O) groups excluding carboxylic acids is 2. The number of ketones is 2. The number of carbonyl (C=O) groups is 2. The summed E-state index contributed by atoms with van der Waals surface area (Å²) < 4.78 is 0. The standard InChI is InChI=1S/2C15H10N.C5H7O2.Ir/c2*1-2-7-13(8-3-1)15-14-9-5-4-6-12(14)10-11-16-15;1-4(6)3-5(2)7;/h2*1-7,9-11H;3H,1-2H3;/q3*-1;+3. The Bertz CT molecular complexity index is 1550. The van der Waals surface area contributed by atoms with E-state index < -0.39 is 0 Å². The number of nitrogens with zero attached hydrogens (tertiary/aromatic N) is 2. The molecule has 0 spiro atoms. The predicted molar refractivity (Wildman–Crippen MR) is 158 cm³/mol. The maximum atomic E-state index is 9.98. The topological polar surface area (TPSA) is 59.9 Å². The van der Waals surface area contributed by atoms with Crippen LogP contribution < -0.4 is 0 Å². The van der Waals surface area contributed by atoms with Gasteiger partial charge in [-0.1, -0.05) is 48.5 Å². The molecule has 0 bridgehead atoms. The summed E-state index contributed by atoms with van der Waals surface area (Å²) in [6.07, 6.45) is 4.75. The SMILES string of the molecule is CC(=O)[CH-]C(C)=O.[Ir+3].[c-]1ccccc1-c1nccc2ccccc12.[c-]1ccccc1-c1nccc2ccccc12. The fourth-order valence-electron chi connectivity index (χ4n) is 4.04. The molecule has 0 atom stereocenters. The van der Waals surface area contributed by atoms with Crippen molar-refractivity contribution in [3.63, 3.8) is 0 Å². The monoisotopic (exact) mass is 700 g/mol. The number of hydrogen-bond acceptors (Lipinski definition) is 4. The first-order chi connectivity index (χ1) is 19.0. The molecule has 0 amide bonds. The van der Waals surface area contributed by atoms with Crippen LogP contribution in [0.15, 0.2) is 122 Å². The minimum atomic E-state index is -0.187. The fourth-order valence-corrected chi connectivity index (χ4v) is 4.04. The Morgan fingerprint density at radius 3 is 1.32 bits per heavy atom. The Kier molecular flexibility index (Phi) is 11.5. The first-order valence-electron chi connectivity index (χ1n) is 12.5. The number of hydrogen-bond donors (Lipinski definition) is 0. The third kappa shape index (κ3) is 8.28. The van der Waals surface area contributed by atoms with Crippen LogP contribution in [0.5, 0.6) is 0 Å². The quantitative estimate of drug-likeness (QED) is 0.139. The van der Waals surface area contributed by atoms with Gasteiger partial charge in [-0.05, 0) is 58.9 Å². The van der Waals surface area contributed by atoms with Gasteiger partial charge in [0.1, 0.15) is 0 Å². The van der Waals surface area contributed by atoms with Crippen LogP contribution in [-0.4, -0.2) is 21.5 Å². The molecule has 0 unspecified atom stereocenters. The van der Waals surface area contributed by atoms with E-state index in [4.69, 9.17) is 0 Å². The van der Waals surface area contributed by atoms with Crippen LogP contribution in [0.25, 0.3) is 44.1 Å². The normalized spacial score (nSPS) is 9.75. The summed E-state index contributed by atoms with van der Waals surface area (Å²) >= 11 is 0. The fraction of sp³-hybridized carbons (Fsp3) is 0.0571. The van der Waals surface area contributed by atoms with E-state index in [2.05, 4.69) is 46.4 Å². The van der Waals surface area contributed by atoms with E-state index >= 15 is 0 Å². The van der Waals surface area contributed by atoms with Gasteiger partial charge < -0.3 is 19.6 Å². The molecule has 198 valence electrons. The average Bonchev–Trinajstić information content (AvgIpc) is 2.97. The van der Waals surface area contributed by atoms with Crippen molar-refractivity contribution < 1.29 is 29.7 Å². The Morgan fingerprint density at radius 2 is 0.975 bits per heavy atom. The second kappa shape index (κ2) is 15.2. The molecule has 0 radical (unpaired) electrons. The molecule has 0 aliphatic rings. The Hall–Kier alpha value is -4.44. The second-order valence-electron chi connectivity index (χ2n) is 8.68. The molecule has 0 aliphatic carbocycles. The van der Waals surface area contributed by atoms with Gasteiger partial charge in [-0.3, -0.25) is 6.42 Å². The van der Waals surface area contributed by atoms with Gasteiger partial charge in [-0.25, -0.2) is 0 Å². The van der Waals surface area contributed by atoms with Gasteiger partial charge in [0.25, 0.3) is 0 Å². The maximum Gasteiger partial charge on any atom is 3.00 e. The van der Waals surface area contributed by atoms with Gasteiger partial charge >= 0.3 is 20.1 Å². The van der Waals surface area contributed by atoms with Gasteiger partial charge in [0.2, 0.25) is 0 Å². The summed E-state index contributed by atoms with van der Waals surface area (Å²) in [5, 5.41) is 4.77. The first kappa shape index (κ1) is 30.1. The van der Waals surface area contributed by atoms with Gasteiger partial charge in [0.15, 0.2) is 0 Å². The van der Waals surface area contributed by atoms with Crippen LogP contribution in [0.4, 0.5) is 0 Å². The summed E-state index contributed by atoms with van der Waals surface area (Å²) in [5.74, 6) is -0.375. The van der Waals surface area contributed by atoms with Crippen molar-refractivity contribution >= 4 is 33.1 Å². The maximum absolute atomic E-state index is 9.98. The van der Waals surface area contributed by atoms with E-state index in [1.54, 1.807) is 0 Å². The molecule has 2 aromatic heterocycles. The van der Waals surface area contributed by atoms with Gasteiger partial charge in [-0.2, -0.15) is 0 Å². The number of rotatable bonds is 4. The molecule has 0 aliphatic heterocycles. The van der Waals surface area contributed by atoms with Crippen LogP contribution in [-0.2, 0) is 29.7 Å². The van der Waals surface area contributed by atoms with Crippen molar-refractivity contribution in [2.45, 2.75) is 13.8 Å². The molecule has 40 heavy (non-hydrogen) atoms. The molecule has 0 fully saturated rings. The van der Waals surface area contributed by atoms with Crippen molar-refractivity contribution in [3.05, 3.63) is 140 Å². The molecule has 4 nitrogen and oxygen atoms in total. The summed E-state index contributed by atoms with van der Waals surface area (Å²) in [5.41, 5.74) is 4.08. The minimum Gasteiger partial charge on any atom is -0.334 e. The van der Waals surface area contributed by atoms with Crippen molar-refractivity contribution in [2.24, 2.45) is 0 Å². The van der Waals surface area contributed by atoms with E-state index in [0.29, 0.717) is 0 Å². The van der Waals surface area contributed by atoms with Crippen LogP contribution in [0, 0.1) is 18.6 Å². The third-order valence-electron chi connectivity index (χ3n) is 5.68. The van der Waals surface area contributed by atoms with E-state index in [1.807, 2.05) is 97.3 Å². The van der Waals surface area contributed by atoms with Crippen molar-refractivity contribution in [2.75, 3.05) is 0 Å². The van der Waals surface area contributed by atoms with Crippen LogP contribution in [0.1, 0.15) is 13.8 Å². The zero-order valence-corrected chi connectivity index (χ0v) is 24.6. The summed E-state index contributed by atoms with van der Waals surface area (Å²) in [6, 6.07) is 42.9. The Labute approximate surface area is 248 Å². The van der Waals surface area contributed by atoms with Gasteiger partial charge in [-0.15, -0.1) is 71.8 Å². The molecule has 0 saturated heterocycles. The number of fused-ring (bicyclic) bond motifs is 2. The Morgan fingerprint density at radius 1 is 0.575 bits per heavy atom. The zero-order valence-electron chi connectivity index (χ0n) is 22.2. The molecule has 0 saturated carbocycles.